The van der Waals surface area contributed by atoms with Crippen molar-refractivity contribution < 1.29 is 29.3 Å². The van der Waals surface area contributed by atoms with Gasteiger partial charge in [0.1, 0.15) is 11.6 Å². The molecule has 2 N–H and O–H groups in total. The van der Waals surface area contributed by atoms with E-state index in [-0.39, 0.29) is 31.5 Å². The minimum absolute atomic E-state index is 0.0348. The Bertz CT molecular complexity index is 963. The lowest BCUT2D eigenvalue weighted by Crippen LogP contribution is -2.56. The van der Waals surface area contributed by atoms with Crippen LogP contribution in [0, 0.1) is 18.8 Å². The number of hydrogen-bond donors (Lipinski definition) is 2. The van der Waals surface area contributed by atoms with Gasteiger partial charge in [0, 0.05) is 19.7 Å². The van der Waals surface area contributed by atoms with Gasteiger partial charge in [0.2, 0.25) is 5.91 Å². The van der Waals surface area contributed by atoms with Gasteiger partial charge >= 0.3 is 5.97 Å². The largest absolute Gasteiger partial charge is 0.481 e. The number of benzene rings is 1. The van der Waals surface area contributed by atoms with Crippen LogP contribution in [0.15, 0.2) is 30.9 Å². The molecule has 2 amide bonds. The standard InChI is InChI=1S/C24H29ClN2O6/c1-3-11-26(19-14(2)7-6-8-15(19)25)22(30)20-24-10-9-16(33-24)17(23(31)32)18(24)21(29)27(20)12-4-5-13-28/h3,6-8,16-18,20,28H,1,4-5,9-13H2,2H3,(H,31,32)/t16-,17+,18-,20?,24?/m0/s1. The zero-order valence-corrected chi connectivity index (χ0v) is 19.3. The fraction of sp³-hybridized carbons (Fsp3) is 0.542. The summed E-state index contributed by atoms with van der Waals surface area (Å²) in [6, 6.07) is 4.37. The highest BCUT2D eigenvalue weighted by molar-refractivity contribution is 6.34. The summed E-state index contributed by atoms with van der Waals surface area (Å²) in [4.78, 5) is 42.8. The highest BCUT2D eigenvalue weighted by Gasteiger charge is 2.74. The first-order chi connectivity index (χ1) is 15.8. The summed E-state index contributed by atoms with van der Waals surface area (Å²) in [6.07, 6.45) is 2.89. The number of aliphatic carboxylic acids is 1. The molecule has 178 valence electrons. The number of fused-ring (bicyclic) bond motifs is 1. The molecular weight excluding hydrogens is 448 g/mol. The van der Waals surface area contributed by atoms with Crippen molar-refractivity contribution in [3.63, 3.8) is 0 Å². The predicted molar refractivity (Wildman–Crippen MR) is 122 cm³/mol. The molecule has 3 heterocycles. The van der Waals surface area contributed by atoms with Crippen molar-refractivity contribution in [3.05, 3.63) is 41.4 Å². The highest BCUT2D eigenvalue weighted by atomic mass is 35.5. The molecule has 1 aromatic rings. The molecule has 2 unspecified atom stereocenters. The molecule has 4 rings (SSSR count). The minimum Gasteiger partial charge on any atom is -0.481 e. The zero-order valence-electron chi connectivity index (χ0n) is 18.6. The maximum absolute atomic E-state index is 14.2. The zero-order chi connectivity index (χ0) is 23.9. The average molecular weight is 477 g/mol. The number of likely N-dealkylation sites (tertiary alicyclic amines) is 1. The number of anilines is 1. The molecule has 1 spiro atoms. The molecule has 5 atom stereocenters. The number of para-hydroxylation sites is 1. The minimum atomic E-state index is -1.18. The van der Waals surface area contributed by atoms with Crippen molar-refractivity contribution in [2.75, 3.05) is 24.6 Å². The van der Waals surface area contributed by atoms with E-state index in [1.54, 1.807) is 18.2 Å². The van der Waals surface area contributed by atoms with Crippen LogP contribution in [-0.4, -0.2) is 70.3 Å². The molecule has 9 heteroatoms. The summed E-state index contributed by atoms with van der Waals surface area (Å²) in [5.74, 6) is -3.68. The molecule has 3 fully saturated rings. The topological polar surface area (TPSA) is 107 Å². The van der Waals surface area contributed by atoms with E-state index in [2.05, 4.69) is 6.58 Å². The lowest BCUT2D eigenvalue weighted by Gasteiger charge is -2.37. The van der Waals surface area contributed by atoms with Crippen molar-refractivity contribution in [3.8, 4) is 0 Å². The summed E-state index contributed by atoms with van der Waals surface area (Å²) in [7, 11) is 0. The number of amides is 2. The maximum atomic E-state index is 14.2. The molecule has 0 saturated carbocycles. The van der Waals surface area contributed by atoms with Gasteiger partial charge in [0.25, 0.3) is 5.91 Å². The van der Waals surface area contributed by atoms with Crippen LogP contribution in [0.2, 0.25) is 5.02 Å². The Morgan fingerprint density at radius 2 is 2.15 bits per heavy atom. The Labute approximate surface area is 197 Å². The number of carboxylic acids is 1. The molecular formula is C24H29ClN2O6. The van der Waals surface area contributed by atoms with Crippen molar-refractivity contribution in [2.24, 2.45) is 11.8 Å². The molecule has 2 bridgehead atoms. The monoisotopic (exact) mass is 476 g/mol. The summed E-state index contributed by atoms with van der Waals surface area (Å²) < 4.78 is 6.22. The molecule has 3 saturated heterocycles. The molecule has 3 aliphatic rings. The number of nitrogens with zero attached hydrogens (tertiary/aromatic N) is 2. The Morgan fingerprint density at radius 3 is 2.79 bits per heavy atom. The van der Waals surface area contributed by atoms with E-state index in [9.17, 15) is 24.6 Å². The van der Waals surface area contributed by atoms with Crippen LogP contribution in [0.1, 0.15) is 31.2 Å². The molecule has 0 aromatic heterocycles. The third-order valence-electron chi connectivity index (χ3n) is 7.16. The normalized spacial score (nSPS) is 29.9. The first kappa shape index (κ1) is 23.7. The number of carbonyl (C=O) groups excluding carboxylic acids is 2. The summed E-state index contributed by atoms with van der Waals surface area (Å²) >= 11 is 6.49. The number of halogens is 1. The number of aliphatic hydroxyl groups excluding tert-OH is 1. The first-order valence-electron chi connectivity index (χ1n) is 11.3. The number of carboxylic acid groups (broad SMARTS) is 1. The molecule has 3 aliphatic heterocycles. The van der Waals surface area contributed by atoms with E-state index < -0.39 is 35.6 Å². The lowest BCUT2D eigenvalue weighted by molar-refractivity contribution is -0.149. The van der Waals surface area contributed by atoms with Crippen molar-refractivity contribution in [1.82, 2.24) is 4.90 Å². The molecule has 8 nitrogen and oxygen atoms in total. The van der Waals surface area contributed by atoms with Gasteiger partial charge < -0.3 is 24.7 Å². The van der Waals surface area contributed by atoms with Gasteiger partial charge in [-0.2, -0.15) is 0 Å². The van der Waals surface area contributed by atoms with E-state index in [4.69, 9.17) is 16.3 Å². The molecule has 0 aliphatic carbocycles. The van der Waals surface area contributed by atoms with E-state index >= 15 is 0 Å². The average Bonchev–Trinajstić information content (AvgIpc) is 3.40. The SMILES string of the molecule is C=CCN(C(=O)C1N(CCCCO)C(=O)[C@@H]2[C@H](C(=O)O)[C@@H]3CCC12O3)c1c(C)cccc1Cl. The van der Waals surface area contributed by atoms with E-state index in [1.165, 1.54) is 9.80 Å². The van der Waals surface area contributed by atoms with Crippen LogP contribution in [0.3, 0.4) is 0 Å². The van der Waals surface area contributed by atoms with Crippen LogP contribution in [0.4, 0.5) is 5.69 Å². The van der Waals surface area contributed by atoms with Gasteiger partial charge in [-0.3, -0.25) is 14.4 Å². The number of hydrogen-bond acceptors (Lipinski definition) is 5. The molecule has 33 heavy (non-hydrogen) atoms. The smallest absolute Gasteiger partial charge is 0.310 e. The number of unbranched alkanes of at least 4 members (excludes halogenated alkanes) is 1. The van der Waals surface area contributed by atoms with Gasteiger partial charge in [-0.05, 0) is 44.2 Å². The Morgan fingerprint density at radius 1 is 1.39 bits per heavy atom. The fourth-order valence-electron chi connectivity index (χ4n) is 5.88. The number of rotatable bonds is 9. The number of aliphatic hydroxyl groups is 1. The number of ether oxygens (including phenoxy) is 1. The Balaban J connectivity index is 1.79. The van der Waals surface area contributed by atoms with Crippen molar-refractivity contribution in [1.29, 1.82) is 0 Å². The van der Waals surface area contributed by atoms with Gasteiger partial charge in [-0.1, -0.05) is 29.8 Å². The van der Waals surface area contributed by atoms with Crippen LogP contribution in [0.5, 0.6) is 0 Å². The van der Waals surface area contributed by atoms with E-state index in [0.29, 0.717) is 36.4 Å². The second kappa shape index (κ2) is 9.08. The Kier molecular flexibility index (Phi) is 6.53. The van der Waals surface area contributed by atoms with Gasteiger partial charge in [0.15, 0.2) is 0 Å². The van der Waals surface area contributed by atoms with Crippen molar-refractivity contribution >= 4 is 35.1 Å². The third-order valence-corrected chi connectivity index (χ3v) is 7.47. The lowest BCUT2D eigenvalue weighted by atomic mass is 9.70. The van der Waals surface area contributed by atoms with Crippen molar-refractivity contribution in [2.45, 2.75) is 50.4 Å². The second-order valence-electron chi connectivity index (χ2n) is 9.00. The Hall–Kier alpha value is -2.42. The van der Waals surface area contributed by atoms with Gasteiger partial charge in [0.05, 0.1) is 28.6 Å². The first-order valence-corrected chi connectivity index (χ1v) is 11.7. The quantitative estimate of drug-likeness (QED) is 0.418. The fourth-order valence-corrected chi connectivity index (χ4v) is 6.21. The molecule has 1 aromatic carbocycles. The van der Waals surface area contributed by atoms with E-state index in [0.717, 1.165) is 5.56 Å². The van der Waals surface area contributed by atoms with Gasteiger partial charge in [-0.25, -0.2) is 0 Å². The summed E-state index contributed by atoms with van der Waals surface area (Å²) in [5, 5.41) is 19.5. The number of carbonyl (C=O) groups is 3. The van der Waals surface area contributed by atoms with Gasteiger partial charge in [-0.15, -0.1) is 6.58 Å². The molecule has 0 radical (unpaired) electrons. The van der Waals surface area contributed by atoms with E-state index in [1.807, 2.05) is 13.0 Å². The van der Waals surface area contributed by atoms with Crippen LogP contribution in [-0.2, 0) is 19.1 Å². The van der Waals surface area contributed by atoms with Crippen LogP contribution < -0.4 is 4.90 Å². The third kappa shape index (κ3) is 3.64. The van der Waals surface area contributed by atoms with Crippen LogP contribution in [0.25, 0.3) is 0 Å². The second-order valence-corrected chi connectivity index (χ2v) is 9.41. The maximum Gasteiger partial charge on any atom is 0.310 e. The predicted octanol–water partition coefficient (Wildman–Crippen LogP) is 2.40. The summed E-state index contributed by atoms with van der Waals surface area (Å²) in [6.45, 7) is 6.00. The number of aryl methyl sites for hydroxylation is 1. The van der Waals surface area contributed by atoms with Crippen LogP contribution >= 0.6 is 11.6 Å². The highest BCUT2D eigenvalue weighted by Crippen LogP contribution is 2.58. The summed E-state index contributed by atoms with van der Waals surface area (Å²) in [5.41, 5.74) is 0.146.